The predicted octanol–water partition coefficient (Wildman–Crippen LogP) is 4.46. The molecule has 1 aromatic heterocycles. The number of amides is 1. The third-order valence-corrected chi connectivity index (χ3v) is 5.35. The fraction of sp³-hybridized carbons (Fsp3) is 0.292. The normalized spacial score (nSPS) is 15.6. The first-order chi connectivity index (χ1) is 14.0. The summed E-state index contributed by atoms with van der Waals surface area (Å²) in [6.45, 7) is 3.81. The predicted molar refractivity (Wildman–Crippen MR) is 113 cm³/mol. The van der Waals surface area contributed by atoms with Crippen LogP contribution in [0.4, 0.5) is 5.69 Å². The molecule has 4 rings (SSSR count). The van der Waals surface area contributed by atoms with E-state index in [2.05, 4.69) is 12.2 Å². The number of rotatable bonds is 4. The SMILES string of the molecule is Cc1cccc(NC(=O)COC(=O)c2c3c(nc4ccccc24)CCC(C)C3)c1. The van der Waals surface area contributed by atoms with E-state index in [9.17, 15) is 9.59 Å². The van der Waals surface area contributed by atoms with Gasteiger partial charge in [-0.15, -0.1) is 0 Å². The van der Waals surface area contributed by atoms with Gasteiger partial charge in [-0.2, -0.15) is 0 Å². The van der Waals surface area contributed by atoms with Gasteiger partial charge in [0, 0.05) is 16.8 Å². The van der Waals surface area contributed by atoms with Crippen molar-refractivity contribution in [3.8, 4) is 0 Å². The second-order valence-corrected chi connectivity index (χ2v) is 7.77. The molecule has 0 radical (unpaired) electrons. The number of para-hydroxylation sites is 1. The molecule has 5 nitrogen and oxygen atoms in total. The quantitative estimate of drug-likeness (QED) is 0.670. The van der Waals surface area contributed by atoms with E-state index in [0.29, 0.717) is 17.2 Å². The molecule has 1 aliphatic rings. The van der Waals surface area contributed by atoms with Crippen molar-refractivity contribution in [3.63, 3.8) is 0 Å². The van der Waals surface area contributed by atoms with Crippen molar-refractivity contribution >= 4 is 28.5 Å². The highest BCUT2D eigenvalue weighted by Gasteiger charge is 2.26. The standard InChI is InChI=1S/C24H24N2O3/c1-15-6-5-7-17(12-15)25-22(27)14-29-24(28)23-18-8-3-4-9-20(18)26-21-11-10-16(2)13-19(21)23/h3-9,12,16H,10-11,13-14H2,1-2H3,(H,25,27). The van der Waals surface area contributed by atoms with Crippen LogP contribution in [-0.2, 0) is 22.4 Å². The Kier molecular flexibility index (Phi) is 5.30. The molecule has 29 heavy (non-hydrogen) atoms. The molecule has 0 fully saturated rings. The Bertz CT molecular complexity index is 1090. The Hall–Kier alpha value is -3.21. The molecule has 0 spiro atoms. The van der Waals surface area contributed by atoms with Crippen LogP contribution in [0.5, 0.6) is 0 Å². The average molecular weight is 388 g/mol. The summed E-state index contributed by atoms with van der Waals surface area (Å²) in [6.07, 6.45) is 2.72. The summed E-state index contributed by atoms with van der Waals surface area (Å²) in [4.78, 5) is 30.0. The number of nitrogens with zero attached hydrogens (tertiary/aromatic N) is 1. The summed E-state index contributed by atoms with van der Waals surface area (Å²) in [6, 6.07) is 15.1. The van der Waals surface area contributed by atoms with Crippen LogP contribution in [0.25, 0.3) is 10.9 Å². The van der Waals surface area contributed by atoms with Crippen LogP contribution >= 0.6 is 0 Å². The van der Waals surface area contributed by atoms with Crippen molar-refractivity contribution in [1.82, 2.24) is 4.98 Å². The maximum absolute atomic E-state index is 13.0. The van der Waals surface area contributed by atoms with Crippen molar-refractivity contribution in [1.29, 1.82) is 0 Å². The van der Waals surface area contributed by atoms with E-state index in [-0.39, 0.29) is 12.5 Å². The minimum absolute atomic E-state index is 0.326. The number of benzene rings is 2. The number of fused-ring (bicyclic) bond motifs is 2. The first kappa shape index (κ1) is 19.1. The van der Waals surface area contributed by atoms with Gasteiger partial charge in [-0.05, 0) is 61.4 Å². The molecule has 1 heterocycles. The van der Waals surface area contributed by atoms with Crippen LogP contribution in [0.3, 0.4) is 0 Å². The van der Waals surface area contributed by atoms with Gasteiger partial charge < -0.3 is 10.1 Å². The fourth-order valence-electron chi connectivity index (χ4n) is 3.92. The number of hydrogen-bond acceptors (Lipinski definition) is 4. The summed E-state index contributed by atoms with van der Waals surface area (Å²) in [7, 11) is 0. The maximum Gasteiger partial charge on any atom is 0.339 e. The number of ether oxygens (including phenoxy) is 1. The van der Waals surface area contributed by atoms with Crippen LogP contribution < -0.4 is 5.32 Å². The highest BCUT2D eigenvalue weighted by atomic mass is 16.5. The number of aromatic nitrogens is 1. The molecule has 1 amide bonds. The summed E-state index contributed by atoms with van der Waals surface area (Å²) in [5, 5.41) is 3.55. The Morgan fingerprint density at radius 1 is 1.17 bits per heavy atom. The fourth-order valence-corrected chi connectivity index (χ4v) is 3.92. The molecule has 0 bridgehead atoms. The minimum atomic E-state index is -0.464. The van der Waals surface area contributed by atoms with E-state index < -0.39 is 5.97 Å². The topological polar surface area (TPSA) is 68.3 Å². The zero-order valence-corrected chi connectivity index (χ0v) is 16.7. The van der Waals surface area contributed by atoms with Crippen LogP contribution in [0.15, 0.2) is 48.5 Å². The van der Waals surface area contributed by atoms with Gasteiger partial charge in [-0.1, -0.05) is 37.3 Å². The number of carbonyl (C=O) groups excluding carboxylic acids is 2. The number of pyridine rings is 1. The smallest absolute Gasteiger partial charge is 0.339 e. The van der Waals surface area contributed by atoms with E-state index in [1.54, 1.807) is 6.07 Å². The molecule has 5 heteroatoms. The molecule has 1 atom stereocenters. The maximum atomic E-state index is 13.0. The minimum Gasteiger partial charge on any atom is -0.452 e. The Balaban J connectivity index is 1.56. The van der Waals surface area contributed by atoms with Gasteiger partial charge in [0.15, 0.2) is 6.61 Å². The molecular weight excluding hydrogens is 364 g/mol. The highest BCUT2D eigenvalue weighted by molar-refractivity contribution is 6.06. The molecule has 0 saturated carbocycles. The van der Waals surface area contributed by atoms with Gasteiger partial charge in [0.1, 0.15) is 0 Å². The van der Waals surface area contributed by atoms with Crippen molar-refractivity contribution < 1.29 is 14.3 Å². The van der Waals surface area contributed by atoms with E-state index in [1.165, 1.54) is 0 Å². The first-order valence-electron chi connectivity index (χ1n) is 9.95. The number of hydrogen-bond donors (Lipinski definition) is 1. The van der Waals surface area contributed by atoms with E-state index >= 15 is 0 Å². The molecule has 0 saturated heterocycles. The van der Waals surface area contributed by atoms with Gasteiger partial charge in [0.25, 0.3) is 5.91 Å². The first-order valence-corrected chi connectivity index (χ1v) is 9.95. The lowest BCUT2D eigenvalue weighted by molar-refractivity contribution is -0.119. The monoisotopic (exact) mass is 388 g/mol. The molecule has 1 N–H and O–H groups in total. The third-order valence-electron chi connectivity index (χ3n) is 5.35. The Morgan fingerprint density at radius 3 is 2.83 bits per heavy atom. The Labute approximate surface area is 170 Å². The van der Waals surface area contributed by atoms with Crippen LogP contribution in [0.1, 0.15) is 40.5 Å². The van der Waals surface area contributed by atoms with Gasteiger partial charge in [0.2, 0.25) is 0 Å². The second kappa shape index (κ2) is 8.03. The average Bonchev–Trinajstić information content (AvgIpc) is 2.70. The number of esters is 1. The largest absolute Gasteiger partial charge is 0.452 e. The molecule has 1 aliphatic carbocycles. The lowest BCUT2D eigenvalue weighted by atomic mass is 9.84. The van der Waals surface area contributed by atoms with Crippen molar-refractivity contribution in [3.05, 3.63) is 70.9 Å². The summed E-state index contributed by atoms with van der Waals surface area (Å²) in [5.41, 5.74) is 5.01. The molecular formula is C24H24N2O3. The third kappa shape index (κ3) is 4.14. The lowest BCUT2D eigenvalue weighted by Crippen LogP contribution is -2.23. The molecule has 3 aromatic rings. The van der Waals surface area contributed by atoms with E-state index in [4.69, 9.17) is 9.72 Å². The number of carbonyl (C=O) groups is 2. The van der Waals surface area contributed by atoms with E-state index in [0.717, 1.165) is 47.0 Å². The van der Waals surface area contributed by atoms with Crippen LogP contribution in [0, 0.1) is 12.8 Å². The zero-order valence-electron chi connectivity index (χ0n) is 16.7. The summed E-state index contributed by atoms with van der Waals surface area (Å²) < 4.78 is 5.42. The van der Waals surface area contributed by atoms with Crippen LogP contribution in [0.2, 0.25) is 0 Å². The van der Waals surface area contributed by atoms with Gasteiger partial charge >= 0.3 is 5.97 Å². The van der Waals surface area contributed by atoms with Crippen molar-refractivity contribution in [2.24, 2.45) is 5.92 Å². The summed E-state index contributed by atoms with van der Waals surface area (Å²) >= 11 is 0. The number of aryl methyl sites for hydroxylation is 2. The lowest BCUT2D eigenvalue weighted by Gasteiger charge is -2.24. The summed E-state index contributed by atoms with van der Waals surface area (Å²) in [5.74, 6) is -0.334. The van der Waals surface area contributed by atoms with E-state index in [1.807, 2.05) is 49.4 Å². The van der Waals surface area contributed by atoms with Gasteiger partial charge in [-0.25, -0.2) is 4.79 Å². The van der Waals surface area contributed by atoms with Crippen molar-refractivity contribution in [2.75, 3.05) is 11.9 Å². The number of nitrogens with one attached hydrogen (secondary N) is 1. The zero-order chi connectivity index (χ0) is 20.4. The van der Waals surface area contributed by atoms with Crippen molar-refractivity contribution in [2.45, 2.75) is 33.1 Å². The number of anilines is 1. The molecule has 2 aromatic carbocycles. The highest BCUT2D eigenvalue weighted by Crippen LogP contribution is 2.32. The molecule has 148 valence electrons. The second-order valence-electron chi connectivity index (χ2n) is 7.77. The van der Waals surface area contributed by atoms with Gasteiger partial charge in [0.05, 0.1) is 11.1 Å². The van der Waals surface area contributed by atoms with Crippen LogP contribution in [-0.4, -0.2) is 23.5 Å². The molecule has 0 aliphatic heterocycles. The van der Waals surface area contributed by atoms with Gasteiger partial charge in [-0.3, -0.25) is 9.78 Å². The molecule has 1 unspecified atom stereocenters. The Morgan fingerprint density at radius 2 is 2.00 bits per heavy atom.